The van der Waals surface area contributed by atoms with E-state index in [0.717, 1.165) is 51.0 Å². The summed E-state index contributed by atoms with van der Waals surface area (Å²) >= 11 is 0. The molecule has 0 N–H and O–H groups in total. The van der Waals surface area contributed by atoms with E-state index in [2.05, 4.69) is 29.2 Å². The first-order valence-corrected chi connectivity index (χ1v) is 13.3. The van der Waals surface area contributed by atoms with Crippen LogP contribution in [0.3, 0.4) is 0 Å². The summed E-state index contributed by atoms with van der Waals surface area (Å²) in [6.07, 6.45) is 2.71. The van der Waals surface area contributed by atoms with Crippen molar-refractivity contribution in [1.29, 1.82) is 0 Å². The fourth-order valence-corrected chi connectivity index (χ4v) is 6.12. The van der Waals surface area contributed by atoms with Crippen LogP contribution in [-0.4, -0.2) is 60.9 Å². The predicted octanol–water partition coefficient (Wildman–Crippen LogP) is 5.08. The third-order valence-corrected chi connectivity index (χ3v) is 8.56. The first-order chi connectivity index (χ1) is 18.0. The number of hydrogen-bond donors (Lipinski definition) is 0. The molecule has 0 aromatic heterocycles. The van der Waals surface area contributed by atoms with E-state index in [9.17, 15) is 14.0 Å². The number of benzene rings is 3. The smallest absolute Gasteiger partial charge is 0.253 e. The lowest BCUT2D eigenvalue weighted by molar-refractivity contribution is -0.134. The molecule has 3 aromatic rings. The molecule has 0 unspecified atom stereocenters. The van der Waals surface area contributed by atoms with Gasteiger partial charge < -0.3 is 14.7 Å². The van der Waals surface area contributed by atoms with E-state index in [1.54, 1.807) is 24.3 Å². The van der Waals surface area contributed by atoms with Crippen LogP contribution in [-0.2, 0) is 4.79 Å². The van der Waals surface area contributed by atoms with Gasteiger partial charge in [0.2, 0.25) is 5.91 Å². The van der Waals surface area contributed by atoms with Gasteiger partial charge in [-0.15, -0.1) is 0 Å². The standard InChI is InChI=1S/C31H32FN3O2/c32-28-9-5-4-8-26(28)23-10-12-24(13-11-23)29(36)34-16-14-31(15-17-34)22-27(31)30(37)35-20-18-33(19-21-35)25-6-2-1-3-7-25/h1-13,27H,14-22H2/t27-/m0/s1. The fourth-order valence-electron chi connectivity index (χ4n) is 6.12. The quantitative estimate of drug-likeness (QED) is 0.505. The van der Waals surface area contributed by atoms with Crippen molar-refractivity contribution < 1.29 is 14.0 Å². The lowest BCUT2D eigenvalue weighted by atomic mass is 9.90. The average molecular weight is 498 g/mol. The maximum atomic E-state index is 14.1. The van der Waals surface area contributed by atoms with Gasteiger partial charge in [0.15, 0.2) is 0 Å². The summed E-state index contributed by atoms with van der Waals surface area (Å²) in [7, 11) is 0. The molecule has 1 saturated carbocycles. The van der Waals surface area contributed by atoms with Crippen molar-refractivity contribution in [3.05, 3.63) is 90.2 Å². The van der Waals surface area contributed by atoms with Crippen LogP contribution >= 0.6 is 0 Å². The minimum Gasteiger partial charge on any atom is -0.368 e. The molecule has 2 heterocycles. The summed E-state index contributed by atoms with van der Waals surface area (Å²) in [6.45, 7) is 4.64. The van der Waals surface area contributed by atoms with Crippen molar-refractivity contribution in [1.82, 2.24) is 9.80 Å². The largest absolute Gasteiger partial charge is 0.368 e. The summed E-state index contributed by atoms with van der Waals surface area (Å²) in [6, 6.07) is 24.2. The van der Waals surface area contributed by atoms with Crippen LogP contribution in [0.4, 0.5) is 10.1 Å². The molecule has 3 aliphatic rings. The molecule has 2 aliphatic heterocycles. The minimum atomic E-state index is -0.269. The second kappa shape index (κ2) is 9.66. The summed E-state index contributed by atoms with van der Waals surface area (Å²) < 4.78 is 14.1. The number of rotatable bonds is 4. The number of carbonyl (C=O) groups excluding carboxylic acids is 2. The van der Waals surface area contributed by atoms with Gasteiger partial charge in [-0.2, -0.15) is 0 Å². The molecule has 1 aliphatic carbocycles. The van der Waals surface area contributed by atoms with E-state index >= 15 is 0 Å². The van der Waals surface area contributed by atoms with Crippen molar-refractivity contribution in [2.24, 2.45) is 11.3 Å². The Morgan fingerprint density at radius 3 is 2.05 bits per heavy atom. The highest BCUT2D eigenvalue weighted by atomic mass is 19.1. The molecular weight excluding hydrogens is 465 g/mol. The monoisotopic (exact) mass is 497 g/mol. The number of hydrogen-bond acceptors (Lipinski definition) is 3. The number of piperidine rings is 1. The number of carbonyl (C=O) groups is 2. The fraction of sp³-hybridized carbons (Fsp3) is 0.355. The number of likely N-dealkylation sites (tertiary alicyclic amines) is 1. The molecule has 190 valence electrons. The Hall–Kier alpha value is -3.67. The normalized spacial score (nSPS) is 20.7. The van der Waals surface area contributed by atoms with Crippen LogP contribution in [0.2, 0.25) is 0 Å². The van der Waals surface area contributed by atoms with E-state index in [-0.39, 0.29) is 23.1 Å². The van der Waals surface area contributed by atoms with Crippen LogP contribution in [0.5, 0.6) is 0 Å². The average Bonchev–Trinajstić information content (AvgIpc) is 3.66. The second-order valence-electron chi connectivity index (χ2n) is 10.6. The Labute approximate surface area is 217 Å². The van der Waals surface area contributed by atoms with Crippen LogP contribution in [0.1, 0.15) is 29.6 Å². The van der Waals surface area contributed by atoms with Crippen LogP contribution < -0.4 is 4.90 Å². The maximum absolute atomic E-state index is 14.1. The molecule has 2 amide bonds. The third kappa shape index (κ3) is 4.61. The second-order valence-corrected chi connectivity index (χ2v) is 10.6. The molecule has 0 bridgehead atoms. The summed E-state index contributed by atoms with van der Waals surface area (Å²) in [5.41, 5.74) is 3.20. The lowest BCUT2D eigenvalue weighted by Crippen LogP contribution is -2.50. The Kier molecular flexibility index (Phi) is 6.19. The Morgan fingerprint density at radius 1 is 0.730 bits per heavy atom. The molecule has 5 nitrogen and oxygen atoms in total. The Morgan fingerprint density at radius 2 is 1.38 bits per heavy atom. The van der Waals surface area contributed by atoms with E-state index < -0.39 is 0 Å². The molecule has 1 spiro atoms. The van der Waals surface area contributed by atoms with E-state index in [1.165, 1.54) is 11.8 Å². The Bertz CT molecular complexity index is 1280. The van der Waals surface area contributed by atoms with Crippen molar-refractivity contribution in [3.63, 3.8) is 0 Å². The third-order valence-electron chi connectivity index (χ3n) is 8.56. The SMILES string of the molecule is O=C(c1ccc(-c2ccccc2F)cc1)N1CCC2(CC1)C[C@H]2C(=O)N1CCN(c2ccccc2)CC1. The number of halogens is 1. The van der Waals surface area contributed by atoms with Gasteiger partial charge in [0.25, 0.3) is 5.91 Å². The maximum Gasteiger partial charge on any atom is 0.253 e. The van der Waals surface area contributed by atoms with Gasteiger partial charge in [-0.1, -0.05) is 48.5 Å². The van der Waals surface area contributed by atoms with Gasteiger partial charge in [-0.05, 0) is 60.6 Å². The van der Waals surface area contributed by atoms with Gasteiger partial charge in [0, 0.05) is 62.0 Å². The van der Waals surface area contributed by atoms with Crippen LogP contribution in [0.15, 0.2) is 78.9 Å². The minimum absolute atomic E-state index is 0.00972. The van der Waals surface area contributed by atoms with Gasteiger partial charge in [-0.3, -0.25) is 9.59 Å². The molecule has 3 aromatic carbocycles. The van der Waals surface area contributed by atoms with Crippen molar-refractivity contribution in [3.8, 4) is 11.1 Å². The number of nitrogens with zero attached hydrogens (tertiary/aromatic N) is 3. The van der Waals surface area contributed by atoms with Crippen molar-refractivity contribution in [2.75, 3.05) is 44.2 Å². The van der Waals surface area contributed by atoms with Gasteiger partial charge in [0.1, 0.15) is 5.82 Å². The first kappa shape index (κ1) is 23.7. The topological polar surface area (TPSA) is 43.9 Å². The zero-order valence-electron chi connectivity index (χ0n) is 21.0. The van der Waals surface area contributed by atoms with E-state index in [4.69, 9.17) is 0 Å². The van der Waals surface area contributed by atoms with Crippen molar-refractivity contribution in [2.45, 2.75) is 19.3 Å². The molecule has 1 atom stereocenters. The molecule has 0 radical (unpaired) electrons. The molecule has 37 heavy (non-hydrogen) atoms. The summed E-state index contributed by atoms with van der Waals surface area (Å²) in [5, 5.41) is 0. The zero-order chi connectivity index (χ0) is 25.4. The van der Waals surface area contributed by atoms with Gasteiger partial charge >= 0.3 is 0 Å². The summed E-state index contributed by atoms with van der Waals surface area (Å²) in [5.74, 6) is 0.148. The number of piperazine rings is 1. The number of para-hydroxylation sites is 1. The Balaban J connectivity index is 1.01. The molecule has 2 saturated heterocycles. The number of anilines is 1. The van der Waals surface area contributed by atoms with Crippen molar-refractivity contribution >= 4 is 17.5 Å². The van der Waals surface area contributed by atoms with Gasteiger partial charge in [-0.25, -0.2) is 4.39 Å². The highest BCUT2D eigenvalue weighted by Gasteiger charge is 2.59. The zero-order valence-corrected chi connectivity index (χ0v) is 21.0. The molecule has 6 rings (SSSR count). The highest BCUT2D eigenvalue weighted by Crippen LogP contribution is 2.60. The molecular formula is C31H32FN3O2. The molecule has 3 fully saturated rings. The first-order valence-electron chi connectivity index (χ1n) is 13.3. The lowest BCUT2D eigenvalue weighted by Gasteiger charge is -2.37. The van der Waals surface area contributed by atoms with Crippen LogP contribution in [0.25, 0.3) is 11.1 Å². The highest BCUT2D eigenvalue weighted by molar-refractivity contribution is 5.95. The van der Waals surface area contributed by atoms with E-state index in [0.29, 0.717) is 30.1 Å². The molecule has 6 heteroatoms. The predicted molar refractivity (Wildman–Crippen MR) is 143 cm³/mol. The van der Waals surface area contributed by atoms with E-state index in [1.807, 2.05) is 34.1 Å². The van der Waals surface area contributed by atoms with Crippen LogP contribution in [0, 0.1) is 17.2 Å². The number of amides is 2. The summed E-state index contributed by atoms with van der Waals surface area (Å²) in [4.78, 5) is 32.7. The van der Waals surface area contributed by atoms with Gasteiger partial charge in [0.05, 0.1) is 0 Å².